The molecule has 0 spiro atoms. The Morgan fingerprint density at radius 2 is 1.85 bits per heavy atom. The van der Waals surface area contributed by atoms with Crippen molar-refractivity contribution < 1.29 is 9.84 Å². The summed E-state index contributed by atoms with van der Waals surface area (Å²) in [6, 6.07) is 0.433. The second-order valence-corrected chi connectivity index (χ2v) is 4.16. The first-order valence-electron chi connectivity index (χ1n) is 5.01. The predicted octanol–water partition coefficient (Wildman–Crippen LogP) is 1.37. The van der Waals surface area contributed by atoms with Gasteiger partial charge >= 0.3 is 0 Å². The Labute approximate surface area is 81.5 Å². The summed E-state index contributed by atoms with van der Waals surface area (Å²) in [5.41, 5.74) is 0. The Balaban J connectivity index is 3.22. The lowest BCUT2D eigenvalue weighted by Crippen LogP contribution is -2.28. The number of aliphatic hydroxyl groups excluding tert-OH is 1. The molecule has 2 N–H and O–H groups in total. The van der Waals surface area contributed by atoms with E-state index in [0.717, 1.165) is 6.42 Å². The summed E-state index contributed by atoms with van der Waals surface area (Å²) in [7, 11) is 0. The second kappa shape index (κ2) is 7.30. The molecule has 0 heterocycles. The van der Waals surface area contributed by atoms with Gasteiger partial charge in [0.2, 0.25) is 0 Å². The van der Waals surface area contributed by atoms with Crippen molar-refractivity contribution in [2.45, 2.75) is 46.3 Å². The minimum absolute atomic E-state index is 0.325. The molecule has 0 aliphatic heterocycles. The van der Waals surface area contributed by atoms with E-state index in [2.05, 4.69) is 33.0 Å². The van der Waals surface area contributed by atoms with Crippen molar-refractivity contribution in [1.29, 1.82) is 0 Å². The lowest BCUT2D eigenvalue weighted by Gasteiger charge is -2.14. The normalized spacial score (nSPS) is 14.1. The average molecular weight is 189 g/mol. The van der Waals surface area contributed by atoms with Crippen molar-refractivity contribution in [3.05, 3.63) is 0 Å². The summed E-state index contributed by atoms with van der Waals surface area (Å²) in [5.74, 6) is 0.525. The molecular formula is C10H23NO2. The fraction of sp³-hybridized carbons (Fsp3) is 1.00. The van der Waals surface area contributed by atoms with E-state index in [9.17, 15) is 5.11 Å². The van der Waals surface area contributed by atoms with Gasteiger partial charge in [0.15, 0.2) is 0 Å². The molecule has 0 saturated heterocycles. The highest BCUT2D eigenvalue weighted by Crippen LogP contribution is 2.04. The van der Waals surface area contributed by atoms with Gasteiger partial charge in [-0.15, -0.1) is 0 Å². The number of hydrogen-bond acceptors (Lipinski definition) is 3. The van der Waals surface area contributed by atoms with Crippen LogP contribution in [0.2, 0.25) is 0 Å². The van der Waals surface area contributed by atoms with Crippen molar-refractivity contribution in [2.75, 3.05) is 13.3 Å². The molecule has 0 amide bonds. The van der Waals surface area contributed by atoms with Gasteiger partial charge in [0.25, 0.3) is 0 Å². The van der Waals surface area contributed by atoms with Crippen LogP contribution in [-0.4, -0.2) is 30.6 Å². The third-order valence-electron chi connectivity index (χ3n) is 1.65. The van der Waals surface area contributed by atoms with Crippen LogP contribution in [0.4, 0.5) is 0 Å². The Kier molecular flexibility index (Phi) is 7.23. The van der Waals surface area contributed by atoms with Crippen LogP contribution in [0.25, 0.3) is 0 Å². The molecule has 0 aromatic rings. The molecule has 0 aliphatic carbocycles. The minimum atomic E-state index is -0.325. The van der Waals surface area contributed by atoms with Crippen LogP contribution in [0.1, 0.15) is 34.1 Å². The van der Waals surface area contributed by atoms with Gasteiger partial charge in [-0.25, -0.2) is 0 Å². The van der Waals surface area contributed by atoms with Crippen LogP contribution in [0, 0.1) is 5.92 Å². The van der Waals surface area contributed by atoms with E-state index in [1.165, 1.54) is 0 Å². The van der Waals surface area contributed by atoms with Crippen molar-refractivity contribution in [1.82, 2.24) is 5.32 Å². The topological polar surface area (TPSA) is 41.5 Å². The van der Waals surface area contributed by atoms with Gasteiger partial charge in [0.05, 0.1) is 19.4 Å². The minimum Gasteiger partial charge on any atom is -0.391 e. The molecule has 0 bridgehead atoms. The number of aliphatic hydroxyl groups is 1. The van der Waals surface area contributed by atoms with E-state index < -0.39 is 0 Å². The molecule has 0 aromatic heterocycles. The number of hydrogen-bond donors (Lipinski definition) is 2. The summed E-state index contributed by atoms with van der Waals surface area (Å²) < 4.78 is 5.25. The molecule has 1 unspecified atom stereocenters. The van der Waals surface area contributed by atoms with Crippen molar-refractivity contribution in [3.8, 4) is 0 Å². The number of ether oxygens (including phenoxy) is 1. The summed E-state index contributed by atoms with van der Waals surface area (Å²) in [5, 5.41) is 12.6. The molecule has 0 aromatic carbocycles. The zero-order chi connectivity index (χ0) is 10.3. The van der Waals surface area contributed by atoms with Crippen LogP contribution in [0.15, 0.2) is 0 Å². The van der Waals surface area contributed by atoms with Gasteiger partial charge < -0.3 is 9.84 Å². The highest BCUT2D eigenvalue weighted by atomic mass is 16.5. The molecule has 1 atom stereocenters. The molecule has 0 saturated carbocycles. The fourth-order valence-electron chi connectivity index (χ4n) is 1.03. The largest absolute Gasteiger partial charge is 0.391 e. The highest BCUT2D eigenvalue weighted by molar-refractivity contribution is 4.56. The van der Waals surface area contributed by atoms with Crippen molar-refractivity contribution in [2.24, 2.45) is 5.92 Å². The number of rotatable bonds is 7. The van der Waals surface area contributed by atoms with Gasteiger partial charge in [0.1, 0.15) is 0 Å². The maximum atomic E-state index is 9.43. The third kappa shape index (κ3) is 9.80. The first kappa shape index (κ1) is 12.9. The summed E-state index contributed by atoms with van der Waals surface area (Å²) >= 11 is 0. The Morgan fingerprint density at radius 3 is 2.31 bits per heavy atom. The maximum absolute atomic E-state index is 9.43. The molecule has 0 radical (unpaired) electrons. The monoisotopic (exact) mass is 189 g/mol. The van der Waals surface area contributed by atoms with Crippen LogP contribution in [-0.2, 0) is 4.74 Å². The van der Waals surface area contributed by atoms with Gasteiger partial charge in [-0.05, 0) is 26.2 Å². The van der Waals surface area contributed by atoms with Crippen LogP contribution < -0.4 is 5.32 Å². The second-order valence-electron chi connectivity index (χ2n) is 4.16. The van der Waals surface area contributed by atoms with Gasteiger partial charge in [-0.2, -0.15) is 0 Å². The van der Waals surface area contributed by atoms with E-state index in [0.29, 0.717) is 25.3 Å². The first-order valence-corrected chi connectivity index (χ1v) is 5.01. The van der Waals surface area contributed by atoms with Gasteiger partial charge in [0, 0.05) is 6.04 Å². The fourth-order valence-corrected chi connectivity index (χ4v) is 1.03. The van der Waals surface area contributed by atoms with Crippen molar-refractivity contribution in [3.63, 3.8) is 0 Å². The lowest BCUT2D eigenvalue weighted by molar-refractivity contribution is 0.0172. The molecule has 80 valence electrons. The predicted molar refractivity (Wildman–Crippen MR) is 54.6 cm³/mol. The summed E-state index contributed by atoms with van der Waals surface area (Å²) in [4.78, 5) is 0. The zero-order valence-corrected chi connectivity index (χ0v) is 9.21. The van der Waals surface area contributed by atoms with E-state index in [-0.39, 0.29) is 6.10 Å². The molecule has 0 aliphatic rings. The smallest absolute Gasteiger partial charge is 0.0968 e. The summed E-state index contributed by atoms with van der Waals surface area (Å²) in [6.45, 7) is 9.26. The van der Waals surface area contributed by atoms with Gasteiger partial charge in [-0.1, -0.05) is 13.8 Å². The van der Waals surface area contributed by atoms with Crippen LogP contribution >= 0.6 is 0 Å². The molecule has 0 fully saturated rings. The van der Waals surface area contributed by atoms with E-state index >= 15 is 0 Å². The van der Waals surface area contributed by atoms with Gasteiger partial charge in [-0.3, -0.25) is 5.32 Å². The Hall–Kier alpha value is -0.120. The Bertz CT molecular complexity index is 115. The van der Waals surface area contributed by atoms with Crippen LogP contribution in [0.5, 0.6) is 0 Å². The zero-order valence-electron chi connectivity index (χ0n) is 9.21. The summed E-state index contributed by atoms with van der Waals surface area (Å²) in [6.07, 6.45) is 0.482. The maximum Gasteiger partial charge on any atom is 0.0968 e. The molecular weight excluding hydrogens is 166 g/mol. The average Bonchev–Trinajstić information content (AvgIpc) is 1.96. The number of nitrogens with one attached hydrogen (secondary N) is 1. The third-order valence-corrected chi connectivity index (χ3v) is 1.65. The van der Waals surface area contributed by atoms with E-state index in [1.807, 2.05) is 0 Å². The quantitative estimate of drug-likeness (QED) is 0.469. The van der Waals surface area contributed by atoms with E-state index in [1.54, 1.807) is 0 Å². The SMILES string of the molecule is CC(C)CC(O)COCNC(C)C. The molecule has 0 rings (SSSR count). The molecule has 3 heteroatoms. The molecule has 3 nitrogen and oxygen atoms in total. The standard InChI is InChI=1S/C10H23NO2/c1-8(2)5-10(12)6-13-7-11-9(3)4/h8-12H,5-7H2,1-4H3. The highest BCUT2D eigenvalue weighted by Gasteiger charge is 2.06. The van der Waals surface area contributed by atoms with Crippen molar-refractivity contribution >= 4 is 0 Å². The van der Waals surface area contributed by atoms with Crippen LogP contribution in [0.3, 0.4) is 0 Å². The Morgan fingerprint density at radius 1 is 1.23 bits per heavy atom. The molecule has 13 heavy (non-hydrogen) atoms. The van der Waals surface area contributed by atoms with E-state index in [4.69, 9.17) is 4.74 Å². The lowest BCUT2D eigenvalue weighted by atomic mass is 10.1. The first-order chi connectivity index (χ1) is 6.02.